The van der Waals surface area contributed by atoms with Gasteiger partial charge in [-0.3, -0.25) is 4.79 Å². The third-order valence-corrected chi connectivity index (χ3v) is 3.77. The van der Waals surface area contributed by atoms with Crippen LogP contribution in [0.1, 0.15) is 22.5 Å². The number of aromatic nitrogens is 1. The number of aliphatic hydroxyl groups is 1. The molecule has 2 aromatic rings. The van der Waals surface area contributed by atoms with Crippen molar-refractivity contribution in [3.8, 4) is 0 Å². The molecule has 0 bridgehead atoms. The number of carbonyl (C=O) groups excluding carboxylic acids is 1. The van der Waals surface area contributed by atoms with Crippen LogP contribution in [0, 0.1) is 0 Å². The number of nitrogens with one attached hydrogen (secondary N) is 1. The minimum atomic E-state index is -0.0923. The van der Waals surface area contributed by atoms with Crippen molar-refractivity contribution in [1.82, 2.24) is 10.3 Å². The molecular formula is C12H13ClN2O2S. The minimum absolute atomic E-state index is 0.0923. The summed E-state index contributed by atoms with van der Waals surface area (Å²) in [4.78, 5) is 16.5. The summed E-state index contributed by atoms with van der Waals surface area (Å²) in [5.74, 6) is -0.0923. The van der Waals surface area contributed by atoms with Crippen molar-refractivity contribution >= 4 is 38.9 Å². The predicted octanol–water partition coefficient (Wildman–Crippen LogP) is 2.45. The summed E-state index contributed by atoms with van der Waals surface area (Å²) in [6.07, 6.45) is 3.14. The zero-order valence-electron chi connectivity index (χ0n) is 9.65. The van der Waals surface area contributed by atoms with Gasteiger partial charge in [-0.2, -0.15) is 0 Å². The molecule has 0 aromatic carbocycles. The highest BCUT2D eigenvalue weighted by Gasteiger charge is 2.10. The lowest BCUT2D eigenvalue weighted by Crippen LogP contribution is -2.23. The number of unbranched alkanes of at least 4 members (excludes halogenated alkanes) is 1. The maximum absolute atomic E-state index is 11.8. The monoisotopic (exact) mass is 284 g/mol. The fraction of sp³-hybridized carbons (Fsp3) is 0.333. The van der Waals surface area contributed by atoms with Crippen molar-refractivity contribution in [1.29, 1.82) is 0 Å². The number of fused-ring (bicyclic) bond motifs is 1. The Morgan fingerprint density at radius 3 is 3.06 bits per heavy atom. The van der Waals surface area contributed by atoms with Gasteiger partial charge in [0.25, 0.3) is 5.91 Å². The molecule has 2 aromatic heterocycles. The van der Waals surface area contributed by atoms with Crippen LogP contribution in [0.2, 0.25) is 5.15 Å². The van der Waals surface area contributed by atoms with Crippen molar-refractivity contribution in [3.05, 3.63) is 28.4 Å². The number of hydrogen-bond acceptors (Lipinski definition) is 4. The van der Waals surface area contributed by atoms with Crippen LogP contribution in [0.3, 0.4) is 0 Å². The van der Waals surface area contributed by atoms with Crippen molar-refractivity contribution in [3.63, 3.8) is 0 Å². The maximum atomic E-state index is 11.8. The largest absolute Gasteiger partial charge is 0.396 e. The van der Waals surface area contributed by atoms with Crippen LogP contribution in [0.25, 0.3) is 10.1 Å². The van der Waals surface area contributed by atoms with Gasteiger partial charge in [-0.1, -0.05) is 11.6 Å². The Bertz CT molecular complexity index is 556. The zero-order valence-corrected chi connectivity index (χ0v) is 11.2. The lowest BCUT2D eigenvalue weighted by atomic mass is 10.3. The van der Waals surface area contributed by atoms with Gasteiger partial charge >= 0.3 is 0 Å². The van der Waals surface area contributed by atoms with E-state index in [1.165, 1.54) is 11.3 Å². The van der Waals surface area contributed by atoms with Gasteiger partial charge in [-0.25, -0.2) is 4.98 Å². The Balaban J connectivity index is 2.04. The van der Waals surface area contributed by atoms with Crippen molar-refractivity contribution in [2.24, 2.45) is 0 Å². The smallest absolute Gasteiger partial charge is 0.261 e. The zero-order chi connectivity index (χ0) is 13.0. The summed E-state index contributed by atoms with van der Waals surface area (Å²) >= 11 is 7.19. The summed E-state index contributed by atoms with van der Waals surface area (Å²) in [7, 11) is 0. The molecule has 0 fully saturated rings. The number of thiophene rings is 1. The summed E-state index contributed by atoms with van der Waals surface area (Å²) < 4.78 is 0.954. The Kier molecular flexibility index (Phi) is 4.52. The number of amides is 1. The number of halogens is 1. The first-order valence-corrected chi connectivity index (χ1v) is 6.84. The van der Waals surface area contributed by atoms with Gasteiger partial charge in [0, 0.05) is 29.4 Å². The van der Waals surface area contributed by atoms with E-state index in [0.717, 1.165) is 16.5 Å². The topological polar surface area (TPSA) is 62.2 Å². The van der Waals surface area contributed by atoms with E-state index in [0.29, 0.717) is 23.0 Å². The summed E-state index contributed by atoms with van der Waals surface area (Å²) in [5, 5.41) is 12.8. The van der Waals surface area contributed by atoms with Crippen LogP contribution in [0.15, 0.2) is 18.3 Å². The van der Waals surface area contributed by atoms with Gasteiger partial charge in [0.2, 0.25) is 0 Å². The first-order chi connectivity index (χ1) is 8.70. The van der Waals surface area contributed by atoms with Crippen LogP contribution in [-0.2, 0) is 0 Å². The molecule has 2 N–H and O–H groups in total. The van der Waals surface area contributed by atoms with Gasteiger partial charge < -0.3 is 10.4 Å². The highest BCUT2D eigenvalue weighted by atomic mass is 35.5. The molecular weight excluding hydrogens is 272 g/mol. The lowest BCUT2D eigenvalue weighted by molar-refractivity contribution is 0.0956. The fourth-order valence-electron chi connectivity index (χ4n) is 1.55. The SMILES string of the molecule is O=C(NCCCCO)c1cc2cnc(Cl)cc2s1. The highest BCUT2D eigenvalue weighted by Crippen LogP contribution is 2.26. The Labute approximate surface area is 114 Å². The molecule has 0 aliphatic heterocycles. The average Bonchev–Trinajstić information content (AvgIpc) is 2.77. The third kappa shape index (κ3) is 3.19. The molecule has 0 unspecified atom stereocenters. The van der Waals surface area contributed by atoms with E-state index in [4.69, 9.17) is 16.7 Å². The number of hydrogen-bond donors (Lipinski definition) is 2. The van der Waals surface area contributed by atoms with Gasteiger partial charge in [0.05, 0.1) is 4.88 Å². The Hall–Kier alpha value is -1.17. The number of pyridine rings is 1. The Morgan fingerprint density at radius 1 is 1.44 bits per heavy atom. The van der Waals surface area contributed by atoms with E-state index in [1.807, 2.05) is 6.07 Å². The molecule has 0 saturated heterocycles. The molecule has 96 valence electrons. The highest BCUT2D eigenvalue weighted by molar-refractivity contribution is 7.20. The molecule has 0 spiro atoms. The summed E-state index contributed by atoms with van der Waals surface area (Å²) in [6.45, 7) is 0.732. The van der Waals surface area contributed by atoms with E-state index >= 15 is 0 Å². The van der Waals surface area contributed by atoms with Gasteiger partial charge in [-0.15, -0.1) is 11.3 Å². The number of nitrogens with zero attached hydrogens (tertiary/aromatic N) is 1. The molecule has 18 heavy (non-hydrogen) atoms. The van der Waals surface area contributed by atoms with E-state index < -0.39 is 0 Å². The molecule has 2 heterocycles. The summed E-state index contributed by atoms with van der Waals surface area (Å²) in [6, 6.07) is 3.56. The van der Waals surface area contributed by atoms with Gasteiger partial charge in [0.15, 0.2) is 0 Å². The molecule has 6 heteroatoms. The van der Waals surface area contributed by atoms with Crippen LogP contribution >= 0.6 is 22.9 Å². The maximum Gasteiger partial charge on any atom is 0.261 e. The third-order valence-electron chi connectivity index (χ3n) is 2.46. The van der Waals surface area contributed by atoms with Crippen LogP contribution in [-0.4, -0.2) is 29.1 Å². The normalized spacial score (nSPS) is 10.8. The number of carbonyl (C=O) groups is 1. The Morgan fingerprint density at radius 2 is 2.28 bits per heavy atom. The second-order valence-corrected chi connectivity index (χ2v) is 5.31. The van der Waals surface area contributed by atoms with Crippen molar-refractivity contribution < 1.29 is 9.90 Å². The van der Waals surface area contributed by atoms with Crippen LogP contribution in [0.4, 0.5) is 0 Å². The average molecular weight is 285 g/mol. The van der Waals surface area contributed by atoms with Crippen LogP contribution < -0.4 is 5.32 Å². The summed E-state index contributed by atoms with van der Waals surface area (Å²) in [5.41, 5.74) is 0. The lowest BCUT2D eigenvalue weighted by Gasteiger charge is -2.01. The van der Waals surface area contributed by atoms with E-state index in [2.05, 4.69) is 10.3 Å². The van der Waals surface area contributed by atoms with Gasteiger partial charge in [0.1, 0.15) is 5.15 Å². The molecule has 2 rings (SSSR count). The number of rotatable bonds is 5. The van der Waals surface area contributed by atoms with Crippen molar-refractivity contribution in [2.75, 3.05) is 13.2 Å². The molecule has 1 amide bonds. The predicted molar refractivity (Wildman–Crippen MR) is 73.3 cm³/mol. The van der Waals surface area contributed by atoms with Crippen molar-refractivity contribution in [2.45, 2.75) is 12.8 Å². The quantitative estimate of drug-likeness (QED) is 0.655. The first kappa shape index (κ1) is 13.3. The van der Waals surface area contributed by atoms with E-state index in [9.17, 15) is 4.79 Å². The minimum Gasteiger partial charge on any atom is -0.396 e. The standard InChI is InChI=1S/C12H13ClN2O2S/c13-11-6-9-8(7-15-11)5-10(18-9)12(17)14-3-1-2-4-16/h5-7,16H,1-4H2,(H,14,17). The molecule has 0 atom stereocenters. The molecule has 0 saturated carbocycles. The van der Waals surface area contributed by atoms with Crippen LogP contribution in [0.5, 0.6) is 0 Å². The molecule has 0 radical (unpaired) electrons. The van der Waals surface area contributed by atoms with Gasteiger partial charge in [-0.05, 0) is 25.0 Å². The first-order valence-electron chi connectivity index (χ1n) is 5.65. The fourth-order valence-corrected chi connectivity index (χ4v) is 2.76. The second kappa shape index (κ2) is 6.13. The molecule has 4 nitrogen and oxygen atoms in total. The van der Waals surface area contributed by atoms with E-state index in [-0.39, 0.29) is 12.5 Å². The second-order valence-electron chi connectivity index (χ2n) is 3.84. The van der Waals surface area contributed by atoms with E-state index in [1.54, 1.807) is 12.3 Å². The number of aliphatic hydroxyl groups excluding tert-OH is 1. The molecule has 0 aliphatic rings. The molecule has 0 aliphatic carbocycles.